The first-order valence-corrected chi connectivity index (χ1v) is 7.15. The number of alkyl halides is 3. The van der Waals surface area contributed by atoms with Crippen LogP contribution in [0.2, 0.25) is 0 Å². The second-order valence-corrected chi connectivity index (χ2v) is 5.58. The van der Waals surface area contributed by atoms with E-state index in [9.17, 15) is 18.3 Å². The van der Waals surface area contributed by atoms with Crippen LogP contribution in [0.15, 0.2) is 24.3 Å². The van der Waals surface area contributed by atoms with Crippen molar-refractivity contribution in [1.29, 1.82) is 0 Å². The average Bonchev–Trinajstić information content (AvgIpc) is 2.87. The molecule has 0 amide bonds. The molecule has 1 atom stereocenters. The maximum Gasteiger partial charge on any atom is 0.416 e. The molecule has 0 radical (unpaired) electrons. The number of nitrogens with zero attached hydrogens (tertiary/aromatic N) is 3. The highest BCUT2D eigenvalue weighted by molar-refractivity contribution is 5.27. The van der Waals surface area contributed by atoms with Crippen LogP contribution in [0.3, 0.4) is 0 Å². The van der Waals surface area contributed by atoms with Crippen molar-refractivity contribution in [1.82, 2.24) is 14.8 Å². The third-order valence-corrected chi connectivity index (χ3v) is 3.89. The van der Waals surface area contributed by atoms with Crippen molar-refractivity contribution in [2.75, 3.05) is 6.61 Å². The Kier molecular flexibility index (Phi) is 3.90. The van der Waals surface area contributed by atoms with Crippen LogP contribution in [-0.2, 0) is 25.6 Å². The fraction of sp³-hybridized carbons (Fsp3) is 0.467. The van der Waals surface area contributed by atoms with Crippen LogP contribution in [0, 0.1) is 5.92 Å². The van der Waals surface area contributed by atoms with E-state index in [0.29, 0.717) is 24.4 Å². The quantitative estimate of drug-likeness (QED) is 0.947. The molecule has 0 aliphatic carbocycles. The van der Waals surface area contributed by atoms with E-state index in [2.05, 4.69) is 10.1 Å². The molecule has 0 bridgehead atoms. The first-order valence-electron chi connectivity index (χ1n) is 7.15. The van der Waals surface area contributed by atoms with Gasteiger partial charge >= 0.3 is 6.18 Å². The van der Waals surface area contributed by atoms with Gasteiger partial charge in [0.05, 0.1) is 5.56 Å². The van der Waals surface area contributed by atoms with E-state index >= 15 is 0 Å². The number of aliphatic hydroxyl groups excluding tert-OH is 1. The maximum atomic E-state index is 12.7. The third kappa shape index (κ3) is 3.14. The van der Waals surface area contributed by atoms with Crippen LogP contribution in [-0.4, -0.2) is 26.5 Å². The average molecular weight is 311 g/mol. The Labute approximate surface area is 125 Å². The molecular formula is C15H16F3N3O. The van der Waals surface area contributed by atoms with Gasteiger partial charge in [-0.3, -0.25) is 0 Å². The van der Waals surface area contributed by atoms with Crippen molar-refractivity contribution in [3.8, 4) is 0 Å². The number of aryl methyl sites for hydroxylation is 1. The number of halogens is 3. The van der Waals surface area contributed by atoms with E-state index in [1.54, 1.807) is 10.7 Å². The summed E-state index contributed by atoms with van der Waals surface area (Å²) in [4.78, 5) is 4.40. The summed E-state index contributed by atoms with van der Waals surface area (Å²) in [5.74, 6) is 1.51. The van der Waals surface area contributed by atoms with Gasteiger partial charge in [-0.2, -0.15) is 18.3 Å². The van der Waals surface area contributed by atoms with Crippen molar-refractivity contribution in [3.63, 3.8) is 0 Å². The maximum absolute atomic E-state index is 12.7. The van der Waals surface area contributed by atoms with E-state index in [1.807, 2.05) is 0 Å². The van der Waals surface area contributed by atoms with E-state index in [4.69, 9.17) is 0 Å². The number of benzene rings is 1. The van der Waals surface area contributed by atoms with Crippen molar-refractivity contribution >= 4 is 0 Å². The van der Waals surface area contributed by atoms with Gasteiger partial charge < -0.3 is 5.11 Å². The monoisotopic (exact) mass is 311 g/mol. The molecule has 22 heavy (non-hydrogen) atoms. The van der Waals surface area contributed by atoms with Crippen LogP contribution >= 0.6 is 0 Å². The number of rotatable bonds is 3. The summed E-state index contributed by atoms with van der Waals surface area (Å²) in [5, 5.41) is 13.6. The number of aliphatic hydroxyl groups is 1. The number of fused-ring (bicyclic) bond motifs is 1. The van der Waals surface area contributed by atoms with Crippen LogP contribution in [0.25, 0.3) is 0 Å². The van der Waals surface area contributed by atoms with Crippen molar-refractivity contribution in [2.45, 2.75) is 32.0 Å². The highest BCUT2D eigenvalue weighted by Crippen LogP contribution is 2.30. The lowest BCUT2D eigenvalue weighted by Gasteiger charge is -2.19. The molecule has 1 unspecified atom stereocenters. The molecule has 2 heterocycles. The minimum absolute atomic E-state index is 0.121. The summed E-state index contributed by atoms with van der Waals surface area (Å²) < 4.78 is 39.9. The highest BCUT2D eigenvalue weighted by atomic mass is 19.4. The summed E-state index contributed by atoms with van der Waals surface area (Å²) in [6, 6.07) is 5.24. The van der Waals surface area contributed by atoms with Gasteiger partial charge in [-0.15, -0.1) is 0 Å². The molecule has 1 N–H and O–H groups in total. The molecule has 1 aromatic heterocycles. The predicted octanol–water partition coefficient (Wildman–Crippen LogP) is 2.44. The Balaban J connectivity index is 1.79. The normalized spacial score (nSPS) is 18.3. The van der Waals surface area contributed by atoms with Crippen molar-refractivity contribution in [2.24, 2.45) is 5.92 Å². The third-order valence-electron chi connectivity index (χ3n) is 3.89. The van der Waals surface area contributed by atoms with Crippen LogP contribution in [0.1, 0.15) is 29.2 Å². The molecule has 2 aromatic rings. The molecule has 1 aromatic carbocycles. The largest absolute Gasteiger partial charge is 0.416 e. The predicted molar refractivity (Wildman–Crippen MR) is 73.2 cm³/mol. The minimum atomic E-state index is -4.34. The van der Waals surface area contributed by atoms with Gasteiger partial charge in [-0.05, 0) is 24.0 Å². The molecule has 118 valence electrons. The first-order chi connectivity index (χ1) is 10.5. The molecular weight excluding hydrogens is 295 g/mol. The summed E-state index contributed by atoms with van der Waals surface area (Å²) >= 11 is 0. The standard InChI is InChI=1S/C15H16F3N3O/c16-15(17,18)12-3-1-2-10(6-12)7-13-19-14-8-11(9-22)4-5-21(14)20-13/h1-3,6,11,22H,4-5,7-9H2. The Morgan fingerprint density at radius 3 is 2.86 bits per heavy atom. The Morgan fingerprint density at radius 2 is 2.14 bits per heavy atom. The molecule has 0 fully saturated rings. The molecule has 0 spiro atoms. The molecule has 0 saturated carbocycles. The zero-order valence-corrected chi connectivity index (χ0v) is 11.8. The summed E-state index contributed by atoms with van der Waals surface area (Å²) in [6.07, 6.45) is -2.57. The van der Waals surface area contributed by atoms with Crippen molar-refractivity contribution < 1.29 is 18.3 Å². The lowest BCUT2D eigenvalue weighted by atomic mass is 9.99. The van der Waals surface area contributed by atoms with Gasteiger partial charge in [0.15, 0.2) is 5.82 Å². The summed E-state index contributed by atoms with van der Waals surface area (Å²) in [5.41, 5.74) is -0.120. The lowest BCUT2D eigenvalue weighted by molar-refractivity contribution is -0.137. The van der Waals surface area contributed by atoms with Gasteiger partial charge in [0, 0.05) is 26.0 Å². The Bertz CT molecular complexity index is 666. The second-order valence-electron chi connectivity index (χ2n) is 5.58. The van der Waals surface area contributed by atoms with Crippen LogP contribution < -0.4 is 0 Å². The number of hydrogen-bond acceptors (Lipinski definition) is 3. The molecule has 1 aliphatic heterocycles. The van der Waals surface area contributed by atoms with E-state index in [0.717, 1.165) is 24.4 Å². The van der Waals surface area contributed by atoms with Gasteiger partial charge in [-0.1, -0.05) is 18.2 Å². The minimum Gasteiger partial charge on any atom is -0.396 e. The first kappa shape index (κ1) is 15.0. The van der Waals surface area contributed by atoms with Crippen LogP contribution in [0.5, 0.6) is 0 Å². The lowest BCUT2D eigenvalue weighted by Crippen LogP contribution is -2.22. The zero-order valence-electron chi connectivity index (χ0n) is 11.8. The zero-order chi connectivity index (χ0) is 15.7. The van der Waals surface area contributed by atoms with Gasteiger partial charge in [0.25, 0.3) is 0 Å². The fourth-order valence-electron chi connectivity index (χ4n) is 2.69. The van der Waals surface area contributed by atoms with E-state index in [1.165, 1.54) is 6.07 Å². The van der Waals surface area contributed by atoms with Gasteiger partial charge in [0.2, 0.25) is 0 Å². The van der Waals surface area contributed by atoms with Gasteiger partial charge in [-0.25, -0.2) is 9.67 Å². The molecule has 0 saturated heterocycles. The fourth-order valence-corrected chi connectivity index (χ4v) is 2.69. The SMILES string of the molecule is OCC1CCn2nc(Cc3cccc(C(F)(F)F)c3)nc2C1. The Hall–Kier alpha value is -1.89. The molecule has 4 nitrogen and oxygen atoms in total. The smallest absolute Gasteiger partial charge is 0.396 e. The molecule has 3 rings (SSSR count). The number of hydrogen-bond donors (Lipinski definition) is 1. The van der Waals surface area contributed by atoms with Crippen LogP contribution in [0.4, 0.5) is 13.2 Å². The van der Waals surface area contributed by atoms with E-state index < -0.39 is 11.7 Å². The van der Waals surface area contributed by atoms with Gasteiger partial charge in [0.1, 0.15) is 5.82 Å². The second kappa shape index (κ2) is 5.72. The molecule has 1 aliphatic rings. The highest BCUT2D eigenvalue weighted by Gasteiger charge is 2.30. The topological polar surface area (TPSA) is 50.9 Å². The summed E-state index contributed by atoms with van der Waals surface area (Å²) in [7, 11) is 0. The van der Waals surface area contributed by atoms with Crippen molar-refractivity contribution in [3.05, 3.63) is 47.0 Å². The Morgan fingerprint density at radius 1 is 1.32 bits per heavy atom. The van der Waals surface area contributed by atoms with E-state index in [-0.39, 0.29) is 18.9 Å². The molecule has 7 heteroatoms. The number of aromatic nitrogens is 3. The summed E-state index contributed by atoms with van der Waals surface area (Å²) in [6.45, 7) is 0.811.